The van der Waals surface area contributed by atoms with E-state index in [1.54, 1.807) is 6.20 Å². The summed E-state index contributed by atoms with van der Waals surface area (Å²) in [6.45, 7) is 6.99. The van der Waals surface area contributed by atoms with Gasteiger partial charge in [-0.1, -0.05) is 13.8 Å². The molecule has 0 fully saturated rings. The maximum atomic E-state index is 5.90. The summed E-state index contributed by atoms with van der Waals surface area (Å²) in [4.78, 5) is 12.8. The minimum absolute atomic E-state index is 0.595. The third kappa shape index (κ3) is 3.23. The van der Waals surface area contributed by atoms with Crippen LogP contribution in [0.2, 0.25) is 0 Å². The van der Waals surface area contributed by atoms with Crippen molar-refractivity contribution in [3.05, 3.63) is 35.9 Å². The van der Waals surface area contributed by atoms with Gasteiger partial charge in [0.15, 0.2) is 5.75 Å². The Morgan fingerprint density at radius 1 is 1.20 bits per heavy atom. The first-order chi connectivity index (χ1) is 9.76. The molecule has 2 heterocycles. The fourth-order valence-corrected chi connectivity index (χ4v) is 1.88. The Balaban J connectivity index is 2.29. The maximum absolute atomic E-state index is 5.90. The van der Waals surface area contributed by atoms with Gasteiger partial charge in [-0.25, -0.2) is 9.97 Å². The van der Waals surface area contributed by atoms with Crippen molar-refractivity contribution in [2.45, 2.75) is 33.6 Å². The van der Waals surface area contributed by atoms with Crippen LogP contribution in [0.4, 0.5) is 5.82 Å². The molecule has 0 spiro atoms. The van der Waals surface area contributed by atoms with Crippen LogP contribution in [0.1, 0.15) is 31.5 Å². The van der Waals surface area contributed by atoms with E-state index in [4.69, 9.17) is 4.74 Å². The molecule has 1 N–H and O–H groups in total. The van der Waals surface area contributed by atoms with Crippen molar-refractivity contribution in [2.75, 3.05) is 11.9 Å². The highest BCUT2D eigenvalue weighted by Gasteiger charge is 2.12. The molecule has 0 amide bonds. The summed E-state index contributed by atoms with van der Waals surface area (Å²) >= 11 is 0. The summed E-state index contributed by atoms with van der Waals surface area (Å²) in [5, 5.41) is 3.31. The summed E-state index contributed by atoms with van der Waals surface area (Å²) in [6, 6.07) is 3.74. The Morgan fingerprint density at radius 2 is 2.05 bits per heavy atom. The molecule has 0 aliphatic rings. The smallest absolute Gasteiger partial charge is 0.227 e. The van der Waals surface area contributed by atoms with Crippen LogP contribution in [0.5, 0.6) is 11.6 Å². The monoisotopic (exact) mass is 272 g/mol. The van der Waals surface area contributed by atoms with Gasteiger partial charge in [-0.3, -0.25) is 4.98 Å². The van der Waals surface area contributed by atoms with E-state index in [-0.39, 0.29) is 0 Å². The molecule has 0 saturated heterocycles. The van der Waals surface area contributed by atoms with E-state index in [1.807, 2.05) is 19.1 Å². The van der Waals surface area contributed by atoms with Crippen LogP contribution in [-0.2, 0) is 6.42 Å². The van der Waals surface area contributed by atoms with Crippen LogP contribution in [0.25, 0.3) is 0 Å². The first-order valence-electron chi connectivity index (χ1n) is 6.93. The Kier molecular flexibility index (Phi) is 4.87. The average Bonchev–Trinajstić information content (AvgIpc) is 2.47. The van der Waals surface area contributed by atoms with E-state index in [9.17, 15) is 0 Å². The van der Waals surface area contributed by atoms with Gasteiger partial charge in [0.2, 0.25) is 5.88 Å². The van der Waals surface area contributed by atoms with Gasteiger partial charge in [0.05, 0.1) is 11.3 Å². The number of nitrogens with zero attached hydrogens (tertiary/aromatic N) is 3. The normalized spacial score (nSPS) is 10.3. The third-order valence-corrected chi connectivity index (χ3v) is 2.97. The highest BCUT2D eigenvalue weighted by molar-refractivity contribution is 5.49. The lowest BCUT2D eigenvalue weighted by Gasteiger charge is -2.13. The number of hydrogen-bond donors (Lipinski definition) is 1. The zero-order valence-electron chi connectivity index (χ0n) is 12.2. The van der Waals surface area contributed by atoms with Crippen molar-refractivity contribution in [3.63, 3.8) is 0 Å². The molecule has 0 radical (unpaired) electrons. The van der Waals surface area contributed by atoms with Gasteiger partial charge in [0.25, 0.3) is 0 Å². The number of ether oxygens (including phenoxy) is 1. The quantitative estimate of drug-likeness (QED) is 0.873. The molecule has 0 aromatic carbocycles. The minimum atomic E-state index is 0.595. The van der Waals surface area contributed by atoms with Crippen LogP contribution in [0.3, 0.4) is 0 Å². The second-order valence-electron chi connectivity index (χ2n) is 4.48. The number of anilines is 1. The van der Waals surface area contributed by atoms with Crippen LogP contribution >= 0.6 is 0 Å². The van der Waals surface area contributed by atoms with Crippen molar-refractivity contribution in [2.24, 2.45) is 0 Å². The average molecular weight is 272 g/mol. The lowest BCUT2D eigenvalue weighted by molar-refractivity contribution is 0.449. The summed E-state index contributed by atoms with van der Waals surface area (Å²) in [5.41, 5.74) is 1.83. The third-order valence-electron chi connectivity index (χ3n) is 2.97. The SMILES string of the molecule is CCCNc1ncnc(Oc2cccnc2C)c1CC. The zero-order valence-corrected chi connectivity index (χ0v) is 12.2. The second-order valence-corrected chi connectivity index (χ2v) is 4.48. The molecule has 0 aliphatic heterocycles. The summed E-state index contributed by atoms with van der Waals surface area (Å²) in [5.74, 6) is 2.17. The summed E-state index contributed by atoms with van der Waals surface area (Å²) in [7, 11) is 0. The summed E-state index contributed by atoms with van der Waals surface area (Å²) in [6.07, 6.45) is 5.13. The molecule has 0 atom stereocenters. The van der Waals surface area contributed by atoms with E-state index >= 15 is 0 Å². The van der Waals surface area contributed by atoms with Crippen molar-refractivity contribution in [1.29, 1.82) is 0 Å². The molecule has 5 heteroatoms. The Morgan fingerprint density at radius 3 is 2.75 bits per heavy atom. The molecule has 0 unspecified atom stereocenters. The van der Waals surface area contributed by atoms with Crippen LogP contribution in [-0.4, -0.2) is 21.5 Å². The molecule has 0 aliphatic carbocycles. The number of pyridine rings is 1. The Hall–Kier alpha value is -2.17. The second kappa shape index (κ2) is 6.84. The van der Waals surface area contributed by atoms with E-state index in [0.717, 1.165) is 42.2 Å². The molecule has 0 saturated carbocycles. The van der Waals surface area contributed by atoms with E-state index in [1.165, 1.54) is 6.33 Å². The van der Waals surface area contributed by atoms with Gasteiger partial charge in [0, 0.05) is 12.7 Å². The van der Waals surface area contributed by atoms with Gasteiger partial charge >= 0.3 is 0 Å². The fourth-order valence-electron chi connectivity index (χ4n) is 1.88. The minimum Gasteiger partial charge on any atom is -0.437 e. The number of rotatable bonds is 6. The Bertz CT molecular complexity index is 572. The molecule has 2 rings (SSSR count). The number of aromatic nitrogens is 3. The maximum Gasteiger partial charge on any atom is 0.227 e. The first-order valence-corrected chi connectivity index (χ1v) is 6.93. The van der Waals surface area contributed by atoms with Crippen LogP contribution < -0.4 is 10.1 Å². The summed E-state index contributed by atoms with van der Waals surface area (Å²) < 4.78 is 5.90. The predicted octanol–water partition coefficient (Wildman–Crippen LogP) is 3.36. The van der Waals surface area contributed by atoms with E-state index < -0.39 is 0 Å². The molecule has 20 heavy (non-hydrogen) atoms. The van der Waals surface area contributed by atoms with Crippen molar-refractivity contribution in [1.82, 2.24) is 15.0 Å². The van der Waals surface area contributed by atoms with Crippen molar-refractivity contribution in [3.8, 4) is 11.6 Å². The lowest BCUT2D eigenvalue weighted by Crippen LogP contribution is -2.07. The largest absolute Gasteiger partial charge is 0.437 e. The van der Waals surface area contributed by atoms with Crippen LogP contribution in [0.15, 0.2) is 24.7 Å². The highest BCUT2D eigenvalue weighted by Crippen LogP contribution is 2.28. The number of aryl methyl sites for hydroxylation is 1. The standard InChI is InChI=1S/C15H20N4O/c1-4-8-17-14-12(5-2)15(19-10-18-14)20-13-7-6-9-16-11(13)3/h6-7,9-10H,4-5,8H2,1-3H3,(H,17,18,19). The predicted molar refractivity (Wildman–Crippen MR) is 79.2 cm³/mol. The molecule has 2 aromatic heterocycles. The molecule has 5 nitrogen and oxygen atoms in total. The highest BCUT2D eigenvalue weighted by atomic mass is 16.5. The van der Waals surface area contributed by atoms with Gasteiger partial charge in [-0.05, 0) is 31.9 Å². The lowest BCUT2D eigenvalue weighted by atomic mass is 10.2. The topological polar surface area (TPSA) is 59.9 Å². The van der Waals surface area contributed by atoms with Crippen LogP contribution in [0, 0.1) is 6.92 Å². The number of nitrogens with one attached hydrogen (secondary N) is 1. The van der Waals surface area contributed by atoms with Gasteiger partial charge in [-0.15, -0.1) is 0 Å². The first kappa shape index (κ1) is 14.2. The number of hydrogen-bond acceptors (Lipinski definition) is 5. The molecule has 2 aromatic rings. The van der Waals surface area contributed by atoms with Crippen molar-refractivity contribution >= 4 is 5.82 Å². The van der Waals surface area contributed by atoms with Gasteiger partial charge < -0.3 is 10.1 Å². The van der Waals surface area contributed by atoms with E-state index in [2.05, 4.69) is 34.1 Å². The fraction of sp³-hybridized carbons (Fsp3) is 0.400. The molecular weight excluding hydrogens is 252 g/mol. The molecule has 106 valence electrons. The van der Waals surface area contributed by atoms with Crippen molar-refractivity contribution < 1.29 is 4.74 Å². The van der Waals surface area contributed by atoms with Gasteiger partial charge in [-0.2, -0.15) is 0 Å². The molecule has 0 bridgehead atoms. The zero-order chi connectivity index (χ0) is 14.4. The molecular formula is C15H20N4O. The van der Waals surface area contributed by atoms with Gasteiger partial charge in [0.1, 0.15) is 12.1 Å². The van der Waals surface area contributed by atoms with E-state index in [0.29, 0.717) is 5.88 Å². The Labute approximate surface area is 119 Å².